The Hall–Kier alpha value is -0.730. The Balaban J connectivity index is 3.50. The standard InChI is InChI=1S/C8H17NO2/c1-5-6-7(2)11-9-8(3)10-4/h7H,5-6H2,1-4H3/b9-8-/t7-/m0/s1. The largest absolute Gasteiger partial charge is 0.482 e. The average Bonchev–Trinajstić information content (AvgIpc) is 2.01. The molecule has 0 spiro atoms. The van der Waals surface area contributed by atoms with Crippen molar-refractivity contribution in [2.24, 2.45) is 5.16 Å². The first-order chi connectivity index (χ1) is 5.20. The topological polar surface area (TPSA) is 30.8 Å². The molecule has 0 aliphatic heterocycles. The molecule has 0 radical (unpaired) electrons. The van der Waals surface area contributed by atoms with Crippen molar-refractivity contribution in [2.75, 3.05) is 7.11 Å². The average molecular weight is 159 g/mol. The maximum absolute atomic E-state index is 5.10. The number of nitrogens with zero attached hydrogens (tertiary/aromatic N) is 1. The van der Waals surface area contributed by atoms with Gasteiger partial charge in [-0.3, -0.25) is 0 Å². The fourth-order valence-electron chi connectivity index (χ4n) is 0.661. The molecule has 0 N–H and O–H groups in total. The predicted octanol–water partition coefficient (Wildman–Crippen LogP) is 2.17. The van der Waals surface area contributed by atoms with E-state index in [0.717, 1.165) is 12.8 Å². The van der Waals surface area contributed by atoms with Gasteiger partial charge in [0.25, 0.3) is 0 Å². The zero-order chi connectivity index (χ0) is 8.69. The van der Waals surface area contributed by atoms with E-state index in [-0.39, 0.29) is 6.10 Å². The normalized spacial score (nSPS) is 14.4. The van der Waals surface area contributed by atoms with Crippen molar-refractivity contribution >= 4 is 5.90 Å². The zero-order valence-corrected chi connectivity index (χ0v) is 7.76. The van der Waals surface area contributed by atoms with E-state index in [1.54, 1.807) is 14.0 Å². The summed E-state index contributed by atoms with van der Waals surface area (Å²) < 4.78 is 4.80. The van der Waals surface area contributed by atoms with Gasteiger partial charge in [0, 0.05) is 6.92 Å². The van der Waals surface area contributed by atoms with Gasteiger partial charge in [-0.05, 0) is 13.3 Å². The molecule has 0 unspecified atom stereocenters. The third-order valence-corrected chi connectivity index (χ3v) is 1.35. The molecule has 0 rings (SSSR count). The molecule has 0 saturated heterocycles. The first-order valence-corrected chi connectivity index (χ1v) is 3.95. The Labute approximate surface area is 68.4 Å². The van der Waals surface area contributed by atoms with Crippen molar-refractivity contribution in [1.29, 1.82) is 0 Å². The molecule has 0 aliphatic rings. The van der Waals surface area contributed by atoms with E-state index in [4.69, 9.17) is 9.57 Å². The van der Waals surface area contributed by atoms with Gasteiger partial charge >= 0.3 is 0 Å². The van der Waals surface area contributed by atoms with Crippen molar-refractivity contribution in [2.45, 2.75) is 39.7 Å². The molecule has 0 aliphatic carbocycles. The molecule has 0 saturated carbocycles. The van der Waals surface area contributed by atoms with Gasteiger partial charge in [0.05, 0.1) is 7.11 Å². The number of methoxy groups -OCH3 is 1. The summed E-state index contributed by atoms with van der Waals surface area (Å²) in [4.78, 5) is 5.10. The van der Waals surface area contributed by atoms with E-state index in [2.05, 4.69) is 12.1 Å². The molecular weight excluding hydrogens is 142 g/mol. The number of hydrogen-bond acceptors (Lipinski definition) is 3. The van der Waals surface area contributed by atoms with E-state index in [1.807, 2.05) is 6.92 Å². The lowest BCUT2D eigenvalue weighted by Gasteiger charge is -2.07. The molecule has 0 bridgehead atoms. The molecule has 0 aromatic heterocycles. The number of ether oxygens (including phenoxy) is 1. The third kappa shape index (κ3) is 5.70. The quantitative estimate of drug-likeness (QED) is 0.357. The van der Waals surface area contributed by atoms with Crippen LogP contribution in [0, 0.1) is 0 Å². The van der Waals surface area contributed by atoms with Crippen LogP contribution in [0.3, 0.4) is 0 Å². The van der Waals surface area contributed by atoms with Crippen LogP contribution in [-0.2, 0) is 9.57 Å². The summed E-state index contributed by atoms with van der Waals surface area (Å²) in [6.45, 7) is 5.88. The van der Waals surface area contributed by atoms with Gasteiger partial charge in [-0.25, -0.2) is 0 Å². The predicted molar refractivity (Wildman–Crippen MR) is 45.6 cm³/mol. The van der Waals surface area contributed by atoms with Crippen LogP contribution in [0.5, 0.6) is 0 Å². The summed E-state index contributed by atoms with van der Waals surface area (Å²) in [6, 6.07) is 0. The van der Waals surface area contributed by atoms with Crippen molar-refractivity contribution in [3.05, 3.63) is 0 Å². The fraction of sp³-hybridized carbons (Fsp3) is 0.875. The van der Waals surface area contributed by atoms with Crippen LogP contribution in [0.15, 0.2) is 5.16 Å². The Bertz CT molecular complexity index is 123. The van der Waals surface area contributed by atoms with E-state index >= 15 is 0 Å². The Kier molecular flexibility index (Phi) is 5.61. The second-order valence-corrected chi connectivity index (χ2v) is 2.52. The van der Waals surface area contributed by atoms with Crippen molar-refractivity contribution < 1.29 is 9.57 Å². The number of oxime groups is 1. The Morgan fingerprint density at radius 3 is 2.64 bits per heavy atom. The highest BCUT2D eigenvalue weighted by Gasteiger charge is 1.99. The van der Waals surface area contributed by atoms with Gasteiger partial charge in [0.2, 0.25) is 5.90 Å². The maximum atomic E-state index is 5.10. The van der Waals surface area contributed by atoms with Crippen LogP contribution in [-0.4, -0.2) is 19.1 Å². The highest BCUT2D eigenvalue weighted by atomic mass is 16.7. The van der Waals surface area contributed by atoms with Crippen LogP contribution in [0.2, 0.25) is 0 Å². The monoisotopic (exact) mass is 159 g/mol. The lowest BCUT2D eigenvalue weighted by atomic mass is 10.2. The number of hydrogen-bond donors (Lipinski definition) is 0. The Morgan fingerprint density at radius 1 is 1.55 bits per heavy atom. The molecule has 0 aromatic rings. The summed E-state index contributed by atoms with van der Waals surface area (Å²) in [5.41, 5.74) is 0. The van der Waals surface area contributed by atoms with Crippen molar-refractivity contribution in [1.82, 2.24) is 0 Å². The van der Waals surface area contributed by atoms with E-state index in [9.17, 15) is 0 Å². The molecule has 3 nitrogen and oxygen atoms in total. The summed E-state index contributed by atoms with van der Waals surface area (Å²) in [6.07, 6.45) is 2.33. The van der Waals surface area contributed by atoms with Crippen LogP contribution in [0.4, 0.5) is 0 Å². The van der Waals surface area contributed by atoms with Crippen LogP contribution >= 0.6 is 0 Å². The molecular formula is C8H17NO2. The zero-order valence-electron chi connectivity index (χ0n) is 7.76. The SMILES string of the molecule is CCC[C@H](C)O/N=C(/C)OC. The first-order valence-electron chi connectivity index (χ1n) is 3.95. The number of rotatable bonds is 4. The van der Waals surface area contributed by atoms with Gasteiger partial charge in [0.15, 0.2) is 0 Å². The van der Waals surface area contributed by atoms with Crippen molar-refractivity contribution in [3.8, 4) is 0 Å². The molecule has 66 valence electrons. The lowest BCUT2D eigenvalue weighted by molar-refractivity contribution is 0.0603. The molecule has 0 aromatic carbocycles. The maximum Gasteiger partial charge on any atom is 0.222 e. The summed E-state index contributed by atoms with van der Waals surface area (Å²) in [7, 11) is 1.58. The molecule has 3 heteroatoms. The van der Waals surface area contributed by atoms with E-state index in [1.165, 1.54) is 0 Å². The molecule has 11 heavy (non-hydrogen) atoms. The second kappa shape index (κ2) is 6.01. The van der Waals surface area contributed by atoms with Gasteiger partial charge in [-0.1, -0.05) is 18.5 Å². The minimum Gasteiger partial charge on any atom is -0.482 e. The minimum absolute atomic E-state index is 0.185. The molecule has 0 fully saturated rings. The Morgan fingerprint density at radius 2 is 2.18 bits per heavy atom. The first kappa shape index (κ1) is 10.3. The highest BCUT2D eigenvalue weighted by Crippen LogP contribution is 2.00. The van der Waals surface area contributed by atoms with Crippen molar-refractivity contribution in [3.63, 3.8) is 0 Å². The van der Waals surface area contributed by atoms with Gasteiger partial charge < -0.3 is 9.57 Å². The van der Waals surface area contributed by atoms with Gasteiger partial charge in [0.1, 0.15) is 6.10 Å². The molecule has 0 amide bonds. The summed E-state index contributed by atoms with van der Waals surface area (Å²) >= 11 is 0. The second-order valence-electron chi connectivity index (χ2n) is 2.52. The molecule has 1 atom stereocenters. The van der Waals surface area contributed by atoms with Gasteiger partial charge in [-0.2, -0.15) is 0 Å². The van der Waals surface area contributed by atoms with E-state index < -0.39 is 0 Å². The highest BCUT2D eigenvalue weighted by molar-refractivity contribution is 5.72. The smallest absolute Gasteiger partial charge is 0.222 e. The molecule has 0 heterocycles. The minimum atomic E-state index is 0.185. The third-order valence-electron chi connectivity index (χ3n) is 1.35. The van der Waals surface area contributed by atoms with Gasteiger partial charge in [-0.15, -0.1) is 0 Å². The van der Waals surface area contributed by atoms with Crippen LogP contribution < -0.4 is 0 Å². The lowest BCUT2D eigenvalue weighted by Crippen LogP contribution is -2.05. The van der Waals surface area contributed by atoms with Crippen LogP contribution in [0.1, 0.15) is 33.6 Å². The van der Waals surface area contributed by atoms with E-state index in [0.29, 0.717) is 5.90 Å². The summed E-state index contributed by atoms with van der Waals surface area (Å²) in [5.74, 6) is 0.563. The van der Waals surface area contributed by atoms with Crippen LogP contribution in [0.25, 0.3) is 0 Å². The summed E-state index contributed by atoms with van der Waals surface area (Å²) in [5, 5.41) is 3.76. The fourth-order valence-corrected chi connectivity index (χ4v) is 0.661.